The molecule has 2 N–H and O–H groups in total. The number of nitrogens with zero attached hydrogens (tertiary/aromatic N) is 1. The summed E-state index contributed by atoms with van der Waals surface area (Å²) in [5.41, 5.74) is 2.58. The summed E-state index contributed by atoms with van der Waals surface area (Å²) in [6.07, 6.45) is 3.48. The molecule has 1 aromatic rings. The Morgan fingerprint density at radius 3 is 2.38 bits per heavy atom. The van der Waals surface area contributed by atoms with E-state index in [1.165, 1.54) is 7.11 Å². The monoisotopic (exact) mass is 471 g/mol. The lowest BCUT2D eigenvalue weighted by atomic mass is 9.82. The Kier molecular flexibility index (Phi) is 9.81. The average Bonchev–Trinajstić information content (AvgIpc) is 2.74. The first-order chi connectivity index (χ1) is 15.9. The Morgan fingerprint density at radius 1 is 1.18 bits per heavy atom. The molecule has 0 aliphatic heterocycles. The number of benzene rings is 1. The Bertz CT molecular complexity index is 916. The number of carbonyl (C=O) groups is 2. The maximum atomic E-state index is 12.4. The van der Waals surface area contributed by atoms with Gasteiger partial charge in [-0.15, -0.1) is 0 Å². The molecule has 0 spiro atoms. The predicted molar refractivity (Wildman–Crippen MR) is 136 cm³/mol. The minimum Gasteiger partial charge on any atom is -0.465 e. The third-order valence-electron chi connectivity index (χ3n) is 6.02. The first-order valence-electron chi connectivity index (χ1n) is 12.0. The number of amides is 1. The summed E-state index contributed by atoms with van der Waals surface area (Å²) in [7, 11) is 5.33. The standard InChI is InChI=1S/C27H41N3O4/c1-18-23(25(31)33-8)16-20(10-9-15-30(6)7)17-24(18)28-19(2)21-11-13-22(14-12-21)29-26(32)34-27(3,4)5/h16-17,19,21-22,28H,11-15H2,1-8H3,(H,29,32)/t19?,21-,22-. The lowest BCUT2D eigenvalue weighted by Gasteiger charge is -2.34. The molecule has 0 heterocycles. The van der Waals surface area contributed by atoms with Gasteiger partial charge in [0.15, 0.2) is 0 Å². The van der Waals surface area contributed by atoms with Crippen LogP contribution in [0, 0.1) is 24.7 Å². The first-order valence-corrected chi connectivity index (χ1v) is 12.0. The van der Waals surface area contributed by atoms with Crippen molar-refractivity contribution < 1.29 is 19.1 Å². The molecule has 1 aromatic carbocycles. The zero-order valence-electron chi connectivity index (χ0n) is 22.0. The summed E-state index contributed by atoms with van der Waals surface area (Å²) >= 11 is 0. The molecule has 1 atom stereocenters. The molecule has 0 aromatic heterocycles. The van der Waals surface area contributed by atoms with Gasteiger partial charge in [-0.1, -0.05) is 11.8 Å². The number of ether oxygens (including phenoxy) is 2. The molecule has 1 saturated carbocycles. The number of nitrogens with one attached hydrogen (secondary N) is 2. The highest BCUT2D eigenvalue weighted by atomic mass is 16.6. The number of anilines is 1. The second-order valence-corrected chi connectivity index (χ2v) is 10.4. The quantitative estimate of drug-likeness (QED) is 0.467. The minimum atomic E-state index is -0.494. The molecule has 2 rings (SSSR count). The van der Waals surface area contributed by atoms with E-state index >= 15 is 0 Å². The van der Waals surface area contributed by atoms with Gasteiger partial charge in [0.2, 0.25) is 0 Å². The van der Waals surface area contributed by atoms with Crippen molar-refractivity contribution in [1.82, 2.24) is 10.2 Å². The third-order valence-corrected chi connectivity index (χ3v) is 6.02. The molecule has 1 unspecified atom stereocenters. The second-order valence-electron chi connectivity index (χ2n) is 10.4. The largest absolute Gasteiger partial charge is 0.465 e. The molecule has 1 aliphatic rings. The molecule has 0 bridgehead atoms. The highest BCUT2D eigenvalue weighted by molar-refractivity contribution is 5.93. The van der Waals surface area contributed by atoms with Crippen molar-refractivity contribution in [3.63, 3.8) is 0 Å². The van der Waals surface area contributed by atoms with Crippen LogP contribution in [0.25, 0.3) is 0 Å². The third kappa shape index (κ3) is 8.57. The van der Waals surface area contributed by atoms with Crippen LogP contribution in [0.1, 0.15) is 74.9 Å². The predicted octanol–water partition coefficient (Wildman–Crippen LogP) is 4.58. The molecular weight excluding hydrogens is 430 g/mol. The van der Waals surface area contributed by atoms with E-state index in [9.17, 15) is 9.59 Å². The molecule has 0 radical (unpaired) electrons. The summed E-state index contributed by atoms with van der Waals surface area (Å²) in [4.78, 5) is 26.4. The van der Waals surface area contributed by atoms with E-state index in [0.717, 1.165) is 42.5 Å². The Labute approximate surface area is 204 Å². The smallest absolute Gasteiger partial charge is 0.407 e. The van der Waals surface area contributed by atoms with Gasteiger partial charge in [-0.05, 0) is 98.0 Å². The van der Waals surface area contributed by atoms with Crippen molar-refractivity contribution in [2.75, 3.05) is 33.1 Å². The summed E-state index contributed by atoms with van der Waals surface area (Å²) in [6.45, 7) is 10.4. The lowest BCUT2D eigenvalue weighted by Crippen LogP contribution is -2.42. The van der Waals surface area contributed by atoms with Crippen molar-refractivity contribution in [3.8, 4) is 11.8 Å². The highest BCUT2D eigenvalue weighted by Crippen LogP contribution is 2.31. The zero-order valence-corrected chi connectivity index (χ0v) is 22.0. The molecular formula is C27H41N3O4. The minimum absolute atomic E-state index is 0.140. The fraction of sp³-hybridized carbons (Fsp3) is 0.630. The molecule has 34 heavy (non-hydrogen) atoms. The number of alkyl carbamates (subject to hydrolysis) is 1. The number of rotatable bonds is 6. The van der Waals surface area contributed by atoms with Crippen LogP contribution >= 0.6 is 0 Å². The van der Waals surface area contributed by atoms with Crippen molar-refractivity contribution in [1.29, 1.82) is 0 Å². The Balaban J connectivity index is 2.07. The van der Waals surface area contributed by atoms with Gasteiger partial charge >= 0.3 is 12.1 Å². The van der Waals surface area contributed by atoms with Gasteiger partial charge in [0.05, 0.1) is 19.2 Å². The first kappa shape index (κ1) is 27.5. The Morgan fingerprint density at radius 2 is 1.82 bits per heavy atom. The van der Waals surface area contributed by atoms with Crippen LogP contribution in [0.4, 0.5) is 10.5 Å². The number of hydrogen-bond acceptors (Lipinski definition) is 6. The Hall–Kier alpha value is -2.72. The number of methoxy groups -OCH3 is 1. The van der Waals surface area contributed by atoms with E-state index in [-0.39, 0.29) is 24.1 Å². The molecule has 1 fully saturated rings. The summed E-state index contributed by atoms with van der Waals surface area (Å²) in [5, 5.41) is 6.63. The van der Waals surface area contributed by atoms with E-state index in [4.69, 9.17) is 9.47 Å². The number of esters is 1. The van der Waals surface area contributed by atoms with Crippen molar-refractivity contribution in [3.05, 3.63) is 28.8 Å². The fourth-order valence-electron chi connectivity index (χ4n) is 4.16. The molecule has 1 amide bonds. The van der Waals surface area contributed by atoms with E-state index in [1.54, 1.807) is 6.07 Å². The van der Waals surface area contributed by atoms with Crippen LogP contribution in [0.3, 0.4) is 0 Å². The maximum Gasteiger partial charge on any atom is 0.407 e. The average molecular weight is 472 g/mol. The van der Waals surface area contributed by atoms with E-state index in [0.29, 0.717) is 18.0 Å². The lowest BCUT2D eigenvalue weighted by molar-refractivity contribution is 0.0485. The topological polar surface area (TPSA) is 79.9 Å². The maximum absolute atomic E-state index is 12.4. The van der Waals surface area contributed by atoms with Gasteiger partial charge in [0.1, 0.15) is 5.60 Å². The molecule has 188 valence electrons. The van der Waals surface area contributed by atoms with Crippen LogP contribution < -0.4 is 10.6 Å². The van der Waals surface area contributed by atoms with Crippen molar-refractivity contribution in [2.45, 2.75) is 78.0 Å². The number of hydrogen-bond donors (Lipinski definition) is 2. The SMILES string of the molecule is COC(=O)c1cc(C#CCN(C)C)cc(NC(C)[C@H]2CC[C@H](NC(=O)OC(C)(C)C)CC2)c1C. The summed E-state index contributed by atoms with van der Waals surface area (Å²) < 4.78 is 10.4. The fourth-order valence-corrected chi connectivity index (χ4v) is 4.16. The normalized spacial score (nSPS) is 19.0. The van der Waals surface area contributed by atoms with Gasteiger partial charge in [0.25, 0.3) is 0 Å². The van der Waals surface area contributed by atoms with Crippen LogP contribution in [-0.4, -0.2) is 62.4 Å². The van der Waals surface area contributed by atoms with Crippen LogP contribution in [0.15, 0.2) is 12.1 Å². The highest BCUT2D eigenvalue weighted by Gasteiger charge is 2.28. The van der Waals surface area contributed by atoms with Gasteiger partial charge in [-0.2, -0.15) is 0 Å². The summed E-state index contributed by atoms with van der Waals surface area (Å²) in [5.74, 6) is 6.40. The van der Waals surface area contributed by atoms with Gasteiger partial charge in [-0.25, -0.2) is 9.59 Å². The zero-order chi connectivity index (χ0) is 25.5. The van der Waals surface area contributed by atoms with Crippen molar-refractivity contribution in [2.24, 2.45) is 5.92 Å². The van der Waals surface area contributed by atoms with Crippen LogP contribution in [0.5, 0.6) is 0 Å². The molecule has 0 saturated heterocycles. The van der Waals surface area contributed by atoms with E-state index in [2.05, 4.69) is 29.4 Å². The molecule has 7 heteroatoms. The van der Waals surface area contributed by atoms with Crippen LogP contribution in [-0.2, 0) is 9.47 Å². The molecule has 1 aliphatic carbocycles. The molecule has 7 nitrogen and oxygen atoms in total. The van der Waals surface area contributed by atoms with E-state index in [1.807, 2.05) is 52.8 Å². The van der Waals surface area contributed by atoms with Gasteiger partial charge < -0.3 is 20.1 Å². The second kappa shape index (κ2) is 12.1. The van der Waals surface area contributed by atoms with Gasteiger partial charge in [-0.3, -0.25) is 4.90 Å². The van der Waals surface area contributed by atoms with Crippen LogP contribution in [0.2, 0.25) is 0 Å². The van der Waals surface area contributed by atoms with Gasteiger partial charge in [0, 0.05) is 23.3 Å². The number of carbonyl (C=O) groups excluding carboxylic acids is 2. The van der Waals surface area contributed by atoms with E-state index < -0.39 is 5.60 Å². The van der Waals surface area contributed by atoms with Crippen molar-refractivity contribution >= 4 is 17.7 Å². The summed E-state index contributed by atoms with van der Waals surface area (Å²) in [6, 6.07) is 4.15.